The summed E-state index contributed by atoms with van der Waals surface area (Å²) in [5.74, 6) is -3.22. The van der Waals surface area contributed by atoms with E-state index < -0.39 is 41.6 Å². The van der Waals surface area contributed by atoms with Gasteiger partial charge in [0.05, 0.1) is 37.4 Å². The van der Waals surface area contributed by atoms with Gasteiger partial charge in [0.1, 0.15) is 42.0 Å². The van der Waals surface area contributed by atoms with E-state index in [9.17, 15) is 42.3 Å². The number of carbonyl (C=O) groups excluding carboxylic acids is 7. The van der Waals surface area contributed by atoms with Crippen molar-refractivity contribution in [3.8, 4) is 0 Å². The highest BCUT2D eigenvalue weighted by Crippen LogP contribution is 2.26. The monoisotopic (exact) mass is 1010 g/mol. The number of likely N-dealkylation sites (tertiary alicyclic amines) is 2. The average Bonchev–Trinajstić information content (AvgIpc) is 4.10. The minimum Gasteiger partial charge on any atom is -0.394 e. The summed E-state index contributed by atoms with van der Waals surface area (Å²) in [4.78, 5) is 106. The number of rotatable bonds is 23. The fraction of sp³-hybridized carbons (Fsp3) is 0.453. The van der Waals surface area contributed by atoms with E-state index in [1.54, 1.807) is 9.80 Å². The number of carbonyl (C=O) groups is 7. The number of pyridine rings is 2. The molecule has 0 bridgehead atoms. The van der Waals surface area contributed by atoms with Crippen molar-refractivity contribution in [2.75, 3.05) is 36.8 Å². The molecule has 20 heteroatoms. The van der Waals surface area contributed by atoms with Gasteiger partial charge < -0.3 is 25.2 Å². The summed E-state index contributed by atoms with van der Waals surface area (Å²) in [6.07, 6.45) is 10.2. The Morgan fingerprint density at radius 3 is 1.58 bits per heavy atom. The summed E-state index contributed by atoms with van der Waals surface area (Å²) in [6, 6.07) is 23.3. The van der Waals surface area contributed by atoms with Crippen molar-refractivity contribution in [1.82, 2.24) is 30.3 Å². The molecule has 5 amide bonds. The Kier molecular flexibility index (Phi) is 25.8. The molecule has 2 aromatic heterocycles. The molecule has 2 aliphatic heterocycles. The highest BCUT2D eigenvalue weighted by atomic mass is 19.1. The molecule has 0 unspecified atom stereocenters. The number of hydroxylamine groups is 3. The van der Waals surface area contributed by atoms with Gasteiger partial charge in [-0.05, 0) is 73.9 Å². The van der Waals surface area contributed by atoms with Crippen molar-refractivity contribution in [3.05, 3.63) is 120 Å². The molecule has 4 atom stereocenters. The van der Waals surface area contributed by atoms with Crippen LogP contribution in [0.5, 0.6) is 0 Å². The molecule has 0 spiro atoms. The molecule has 394 valence electrons. The number of hydrogen-bond donors (Lipinski definition) is 3. The molecular formula is C53H68F2N8O10. The molecule has 0 radical (unpaired) electrons. The van der Waals surface area contributed by atoms with Crippen LogP contribution in [0.4, 0.5) is 20.4 Å². The number of halogens is 2. The standard InChI is InChI=1S/C25H31FN4O4.C24H31FN4O3.C4H6O3/c1-2-3-10-20(16-29(18-31)34-17-19-8-5-4-6-9-19)25(33)30-14-7-11-22(30)24(32)28-23-13-12-21(26)15-27-23;1-2-3-10-19(15-27-32-17-18-8-5-4-6-9-18)24(31)29-14-7-11-21(29)23(30)28-22-13-12-20(25)16-26-22;1-3(5)7-4(2)6/h4-6,8-9,12-13,15,18,20,22H,2-3,7,10-11,14,16-17H2,1H3,(H,27,28,32);4-6,8-9,12-13,16,19,21,27H,2-3,7,10-11,14-15,17H2,1H3,(H,26,28,30);1-2H3/t20-,22+;19-,21+;/m11./s1. The van der Waals surface area contributed by atoms with Crippen molar-refractivity contribution in [2.45, 2.75) is 117 Å². The third-order valence-electron chi connectivity index (χ3n) is 11.7. The molecule has 18 nitrogen and oxygen atoms in total. The zero-order valence-electron chi connectivity index (χ0n) is 42.0. The molecule has 2 aromatic carbocycles. The molecule has 4 heterocycles. The van der Waals surface area contributed by atoms with Crippen LogP contribution in [0.2, 0.25) is 0 Å². The van der Waals surface area contributed by atoms with Crippen molar-refractivity contribution in [2.24, 2.45) is 11.8 Å². The second kappa shape index (κ2) is 32.1. The van der Waals surface area contributed by atoms with E-state index in [-0.39, 0.29) is 54.3 Å². The molecule has 0 aliphatic carbocycles. The van der Waals surface area contributed by atoms with Crippen LogP contribution in [0.15, 0.2) is 97.3 Å². The summed E-state index contributed by atoms with van der Waals surface area (Å²) >= 11 is 0. The first kappa shape index (κ1) is 58.5. The predicted octanol–water partition coefficient (Wildman–Crippen LogP) is 7.32. The highest BCUT2D eigenvalue weighted by molar-refractivity contribution is 5.98. The number of unbranched alkanes of at least 4 members (excludes halogenated alkanes) is 2. The van der Waals surface area contributed by atoms with Crippen LogP contribution in [0.1, 0.15) is 103 Å². The molecule has 2 aliphatic rings. The summed E-state index contributed by atoms with van der Waals surface area (Å²) < 4.78 is 30.1. The molecule has 6 rings (SSSR count). The van der Waals surface area contributed by atoms with Gasteiger partial charge in [-0.3, -0.25) is 43.2 Å². The molecule has 0 saturated carbocycles. The minimum absolute atomic E-state index is 0.0426. The topological polar surface area (TPSA) is 219 Å². The highest BCUT2D eigenvalue weighted by Gasteiger charge is 2.39. The quantitative estimate of drug-likeness (QED) is 0.0218. The molecule has 4 aromatic rings. The molecule has 2 saturated heterocycles. The number of nitrogens with one attached hydrogen (secondary N) is 3. The SMILES string of the molecule is CC(=O)OC(C)=O.CCCC[C@H](CN(C=O)OCc1ccccc1)C(=O)N1CCC[C@H]1C(=O)Nc1ccc(F)cn1.CCCC[C@H](CNOCc1ccccc1)C(=O)N1CCC[C@H]1C(=O)Nc1ccc(F)cn1. The van der Waals surface area contributed by atoms with Crippen LogP contribution in [0, 0.1) is 23.5 Å². The molecule has 73 heavy (non-hydrogen) atoms. The van der Waals surface area contributed by atoms with Crippen molar-refractivity contribution in [3.63, 3.8) is 0 Å². The van der Waals surface area contributed by atoms with Crippen LogP contribution >= 0.6 is 0 Å². The third kappa shape index (κ3) is 20.9. The number of benzene rings is 2. The smallest absolute Gasteiger partial charge is 0.310 e. The van der Waals surface area contributed by atoms with Crippen molar-refractivity contribution in [1.29, 1.82) is 0 Å². The number of amides is 5. The van der Waals surface area contributed by atoms with Gasteiger partial charge >= 0.3 is 11.9 Å². The number of anilines is 2. The average molecular weight is 1020 g/mol. The van der Waals surface area contributed by atoms with E-state index in [2.05, 4.69) is 37.7 Å². The molecule has 3 N–H and O–H groups in total. The Morgan fingerprint density at radius 1 is 0.685 bits per heavy atom. The predicted molar refractivity (Wildman–Crippen MR) is 267 cm³/mol. The Bertz CT molecular complexity index is 2320. The van der Waals surface area contributed by atoms with Crippen LogP contribution in [0.3, 0.4) is 0 Å². The van der Waals surface area contributed by atoms with Gasteiger partial charge in [0, 0.05) is 33.5 Å². The van der Waals surface area contributed by atoms with Gasteiger partial charge in [0.15, 0.2) is 0 Å². The van der Waals surface area contributed by atoms with Crippen LogP contribution in [-0.4, -0.2) is 105 Å². The number of ether oxygens (including phenoxy) is 1. The summed E-state index contributed by atoms with van der Waals surface area (Å²) in [5.41, 5.74) is 4.90. The van der Waals surface area contributed by atoms with Gasteiger partial charge in [0.25, 0.3) is 0 Å². The Labute approximate surface area is 425 Å². The van der Waals surface area contributed by atoms with E-state index in [1.165, 1.54) is 43.2 Å². The van der Waals surface area contributed by atoms with E-state index in [0.717, 1.165) is 62.0 Å². The van der Waals surface area contributed by atoms with Crippen molar-refractivity contribution < 1.29 is 56.8 Å². The second-order valence-corrected chi connectivity index (χ2v) is 17.4. The van der Waals surface area contributed by atoms with E-state index in [0.29, 0.717) is 58.3 Å². The lowest BCUT2D eigenvalue weighted by atomic mass is 9.99. The number of hydrogen-bond acceptors (Lipinski definition) is 13. The van der Waals surface area contributed by atoms with Gasteiger partial charge in [-0.2, -0.15) is 0 Å². The van der Waals surface area contributed by atoms with Crippen LogP contribution in [0.25, 0.3) is 0 Å². The second-order valence-electron chi connectivity index (χ2n) is 17.4. The Balaban J connectivity index is 0.000000280. The third-order valence-corrected chi connectivity index (χ3v) is 11.7. The van der Waals surface area contributed by atoms with Gasteiger partial charge in [0.2, 0.25) is 30.0 Å². The summed E-state index contributed by atoms with van der Waals surface area (Å²) in [6.45, 7) is 8.61. The first-order valence-electron chi connectivity index (χ1n) is 24.6. The Morgan fingerprint density at radius 2 is 1.15 bits per heavy atom. The van der Waals surface area contributed by atoms with Crippen LogP contribution < -0.4 is 16.1 Å². The van der Waals surface area contributed by atoms with E-state index in [1.807, 2.05) is 67.6 Å². The maximum atomic E-state index is 13.5. The van der Waals surface area contributed by atoms with Gasteiger partial charge in [-0.1, -0.05) is 100 Å². The van der Waals surface area contributed by atoms with E-state index >= 15 is 0 Å². The fourth-order valence-corrected chi connectivity index (χ4v) is 8.05. The minimum atomic E-state index is -0.640. The van der Waals surface area contributed by atoms with Crippen LogP contribution in [-0.2, 0) is 61.2 Å². The first-order valence-corrected chi connectivity index (χ1v) is 24.6. The van der Waals surface area contributed by atoms with Gasteiger partial charge in [-0.25, -0.2) is 29.3 Å². The largest absolute Gasteiger partial charge is 0.394 e. The number of nitrogens with zero attached hydrogens (tertiary/aromatic N) is 5. The number of esters is 2. The zero-order chi connectivity index (χ0) is 53.0. The van der Waals surface area contributed by atoms with Gasteiger partial charge in [-0.15, -0.1) is 0 Å². The lowest BCUT2D eigenvalue weighted by molar-refractivity contribution is -0.183. The summed E-state index contributed by atoms with van der Waals surface area (Å²) in [7, 11) is 0. The zero-order valence-corrected chi connectivity index (χ0v) is 42.0. The maximum absolute atomic E-state index is 13.5. The maximum Gasteiger partial charge on any atom is 0.310 e. The number of aromatic nitrogens is 2. The summed E-state index contributed by atoms with van der Waals surface area (Å²) in [5, 5.41) is 6.53. The first-order chi connectivity index (χ1) is 35.2. The lowest BCUT2D eigenvalue weighted by Gasteiger charge is -2.30. The Hall–Kier alpha value is -7.03. The molecule has 2 fully saturated rings. The molecular weight excluding hydrogens is 947 g/mol. The lowest BCUT2D eigenvalue weighted by Crippen LogP contribution is -2.47. The normalized spacial score (nSPS) is 15.6. The van der Waals surface area contributed by atoms with Crippen molar-refractivity contribution >= 4 is 53.6 Å². The fourth-order valence-electron chi connectivity index (χ4n) is 8.05. The van der Waals surface area contributed by atoms with E-state index in [4.69, 9.17) is 9.68 Å².